The molecule has 0 spiro atoms. The maximum atomic E-state index is 12.4. The lowest BCUT2D eigenvalue weighted by molar-refractivity contribution is -0.130. The van der Waals surface area contributed by atoms with Crippen LogP contribution in [-0.4, -0.2) is 54.1 Å². The Balaban J connectivity index is 1.26. The molecule has 150 valence electrons. The molecule has 0 aliphatic carbocycles. The summed E-state index contributed by atoms with van der Waals surface area (Å²) in [5, 5.41) is 8.14. The number of benzene rings is 1. The normalized spacial score (nSPS) is 18.2. The summed E-state index contributed by atoms with van der Waals surface area (Å²) < 4.78 is 22.1. The minimum absolute atomic E-state index is 0.0682. The van der Waals surface area contributed by atoms with E-state index in [0.29, 0.717) is 42.7 Å². The van der Waals surface area contributed by atoms with Gasteiger partial charge in [0.1, 0.15) is 0 Å². The molecule has 0 saturated carbocycles. The summed E-state index contributed by atoms with van der Waals surface area (Å²) >= 11 is 0. The van der Waals surface area contributed by atoms with Crippen LogP contribution in [0, 0.1) is 0 Å². The molecule has 2 aromatic rings. The summed E-state index contributed by atoms with van der Waals surface area (Å²) in [6, 6.07) is 5.47. The molecule has 28 heavy (non-hydrogen) atoms. The first-order valence-electron chi connectivity index (χ1n) is 9.77. The minimum atomic E-state index is 0.0682. The van der Waals surface area contributed by atoms with Gasteiger partial charge in [-0.05, 0) is 43.9 Å². The molecule has 1 saturated heterocycles. The molecule has 1 atom stereocenters. The fourth-order valence-electron chi connectivity index (χ4n) is 3.40. The van der Waals surface area contributed by atoms with Gasteiger partial charge in [-0.15, -0.1) is 10.2 Å². The number of carbonyl (C=O) groups is 1. The van der Waals surface area contributed by atoms with Crippen molar-refractivity contribution in [1.29, 1.82) is 0 Å². The van der Waals surface area contributed by atoms with E-state index >= 15 is 0 Å². The van der Waals surface area contributed by atoms with Crippen molar-refractivity contribution in [3.05, 3.63) is 24.1 Å². The number of hydrogen-bond donors (Lipinski definition) is 0. The van der Waals surface area contributed by atoms with Gasteiger partial charge < -0.3 is 23.5 Å². The molecule has 1 aromatic heterocycles. The van der Waals surface area contributed by atoms with Crippen molar-refractivity contribution in [2.24, 2.45) is 0 Å². The molecule has 0 unspecified atom stereocenters. The maximum absolute atomic E-state index is 12.4. The van der Waals surface area contributed by atoms with E-state index in [0.717, 1.165) is 31.4 Å². The molecule has 1 aromatic carbocycles. The van der Waals surface area contributed by atoms with Gasteiger partial charge in [-0.3, -0.25) is 4.79 Å². The average molecular weight is 387 g/mol. The van der Waals surface area contributed by atoms with E-state index in [-0.39, 0.29) is 18.8 Å². The molecule has 0 radical (unpaired) electrons. The second-order valence-corrected chi connectivity index (χ2v) is 7.16. The molecule has 1 fully saturated rings. The lowest BCUT2D eigenvalue weighted by Crippen LogP contribution is -2.31. The highest BCUT2D eigenvalue weighted by atomic mass is 16.7. The summed E-state index contributed by atoms with van der Waals surface area (Å²) in [6.07, 6.45) is 5.37. The third-order valence-electron chi connectivity index (χ3n) is 5.13. The molecule has 1 amide bonds. The van der Waals surface area contributed by atoms with Gasteiger partial charge >= 0.3 is 0 Å². The summed E-state index contributed by atoms with van der Waals surface area (Å²) in [4.78, 5) is 14.1. The average Bonchev–Trinajstić information content (AvgIpc) is 3.39. The molecule has 4 rings (SSSR count). The van der Waals surface area contributed by atoms with Crippen LogP contribution < -0.4 is 9.47 Å². The Morgan fingerprint density at radius 3 is 2.96 bits per heavy atom. The lowest BCUT2D eigenvalue weighted by Gasteiger charge is -2.25. The van der Waals surface area contributed by atoms with Crippen LogP contribution in [0.5, 0.6) is 11.5 Å². The second-order valence-electron chi connectivity index (χ2n) is 7.16. The number of hydrogen-bond acceptors (Lipinski definition) is 7. The van der Waals surface area contributed by atoms with E-state index in [2.05, 4.69) is 10.2 Å². The van der Waals surface area contributed by atoms with Crippen molar-refractivity contribution < 1.29 is 23.4 Å². The first-order valence-corrected chi connectivity index (χ1v) is 9.77. The van der Waals surface area contributed by atoms with Crippen molar-refractivity contribution in [3.63, 3.8) is 0 Å². The first kappa shape index (κ1) is 18.7. The van der Waals surface area contributed by atoms with Crippen molar-refractivity contribution in [2.75, 3.05) is 27.0 Å². The molecule has 0 bridgehead atoms. The second kappa shape index (κ2) is 8.60. The number of fused-ring (bicyclic) bond motifs is 1. The first-order chi connectivity index (χ1) is 13.7. The van der Waals surface area contributed by atoms with Crippen LogP contribution in [0.4, 0.5) is 0 Å². The Morgan fingerprint density at radius 1 is 1.21 bits per heavy atom. The Bertz CT molecular complexity index is 816. The fraction of sp³-hybridized carbons (Fsp3) is 0.550. The number of nitrogens with zero attached hydrogens (tertiary/aromatic N) is 3. The molecule has 8 nitrogen and oxygen atoms in total. The Morgan fingerprint density at radius 2 is 2.11 bits per heavy atom. The molecule has 3 heterocycles. The zero-order valence-electron chi connectivity index (χ0n) is 16.1. The van der Waals surface area contributed by atoms with Gasteiger partial charge in [0.15, 0.2) is 11.5 Å². The van der Waals surface area contributed by atoms with Crippen LogP contribution in [0.15, 0.2) is 22.6 Å². The highest BCUT2D eigenvalue weighted by Gasteiger charge is 2.19. The summed E-state index contributed by atoms with van der Waals surface area (Å²) in [6.45, 7) is 1.76. The molecule has 2 aliphatic rings. The van der Waals surface area contributed by atoms with Crippen molar-refractivity contribution in [2.45, 2.75) is 44.6 Å². The van der Waals surface area contributed by atoms with Gasteiger partial charge in [-0.25, -0.2) is 0 Å². The minimum Gasteiger partial charge on any atom is -0.454 e. The molecular formula is C20H25N3O5. The molecular weight excluding hydrogens is 362 g/mol. The maximum Gasteiger partial charge on any atom is 0.247 e. The standard InChI is InChI=1S/C20H25N3O5/c1-23(10-9-15-4-2-3-11-25-15)19(24)8-7-18-21-22-20(28-18)14-5-6-16-17(12-14)27-13-26-16/h5-6,12,15H,2-4,7-11,13H2,1H3/t15-/m0/s1. The van der Waals surface area contributed by atoms with Crippen LogP contribution >= 0.6 is 0 Å². The predicted molar refractivity (Wildman–Crippen MR) is 100 cm³/mol. The monoisotopic (exact) mass is 387 g/mol. The van der Waals surface area contributed by atoms with Crippen LogP contribution in [-0.2, 0) is 16.0 Å². The largest absolute Gasteiger partial charge is 0.454 e. The van der Waals surface area contributed by atoms with Gasteiger partial charge in [-0.1, -0.05) is 0 Å². The third-order valence-corrected chi connectivity index (χ3v) is 5.13. The highest BCUT2D eigenvalue weighted by molar-refractivity contribution is 5.76. The molecule has 8 heteroatoms. The number of amides is 1. The van der Waals surface area contributed by atoms with Crippen molar-refractivity contribution >= 4 is 5.91 Å². The van der Waals surface area contributed by atoms with Gasteiger partial charge in [0.25, 0.3) is 0 Å². The van der Waals surface area contributed by atoms with E-state index < -0.39 is 0 Å². The van der Waals surface area contributed by atoms with E-state index in [4.69, 9.17) is 18.6 Å². The molecule has 0 N–H and O–H groups in total. The zero-order chi connectivity index (χ0) is 19.3. The molecule has 2 aliphatic heterocycles. The van der Waals surface area contributed by atoms with E-state index in [9.17, 15) is 4.79 Å². The highest BCUT2D eigenvalue weighted by Crippen LogP contribution is 2.35. The summed E-state index contributed by atoms with van der Waals surface area (Å²) in [5.41, 5.74) is 0.763. The number of aromatic nitrogens is 2. The van der Waals surface area contributed by atoms with Crippen LogP contribution in [0.2, 0.25) is 0 Å². The van der Waals surface area contributed by atoms with Gasteiger partial charge in [0, 0.05) is 38.6 Å². The van der Waals surface area contributed by atoms with Gasteiger partial charge in [0.05, 0.1) is 6.10 Å². The number of ether oxygens (including phenoxy) is 3. The fourth-order valence-corrected chi connectivity index (χ4v) is 3.40. The SMILES string of the molecule is CN(CC[C@@H]1CCCCO1)C(=O)CCc1nnc(-c2ccc3c(c2)OCO3)o1. The van der Waals surface area contributed by atoms with Crippen LogP contribution in [0.3, 0.4) is 0 Å². The smallest absolute Gasteiger partial charge is 0.247 e. The van der Waals surface area contributed by atoms with Gasteiger partial charge in [-0.2, -0.15) is 0 Å². The third kappa shape index (κ3) is 4.44. The van der Waals surface area contributed by atoms with Crippen LogP contribution in [0.1, 0.15) is 38.0 Å². The Labute approximate surface area is 163 Å². The van der Waals surface area contributed by atoms with E-state index in [1.807, 2.05) is 25.2 Å². The summed E-state index contributed by atoms with van der Waals surface area (Å²) in [7, 11) is 1.83. The Kier molecular flexibility index (Phi) is 5.76. The van der Waals surface area contributed by atoms with E-state index in [1.165, 1.54) is 6.42 Å². The van der Waals surface area contributed by atoms with Crippen LogP contribution in [0.25, 0.3) is 11.5 Å². The zero-order valence-corrected chi connectivity index (χ0v) is 16.1. The number of aryl methyl sites for hydroxylation is 1. The van der Waals surface area contributed by atoms with Crippen molar-refractivity contribution in [3.8, 4) is 23.0 Å². The lowest BCUT2D eigenvalue weighted by atomic mass is 10.1. The quantitative estimate of drug-likeness (QED) is 0.722. The van der Waals surface area contributed by atoms with E-state index in [1.54, 1.807) is 4.90 Å². The van der Waals surface area contributed by atoms with Gasteiger partial charge in [0.2, 0.25) is 24.5 Å². The number of carbonyl (C=O) groups excluding carboxylic acids is 1. The summed E-state index contributed by atoms with van der Waals surface area (Å²) in [5.74, 6) is 2.29. The topological polar surface area (TPSA) is 86.9 Å². The predicted octanol–water partition coefficient (Wildman–Crippen LogP) is 2.82. The van der Waals surface area contributed by atoms with Crippen molar-refractivity contribution in [1.82, 2.24) is 15.1 Å². The Hall–Kier alpha value is -2.61. The number of rotatable bonds is 7.